The van der Waals surface area contributed by atoms with E-state index in [4.69, 9.17) is 14.2 Å². The van der Waals surface area contributed by atoms with Crippen LogP contribution in [-0.4, -0.2) is 37.1 Å². The van der Waals surface area contributed by atoms with Crippen LogP contribution in [0.5, 0.6) is 0 Å². The van der Waals surface area contributed by atoms with E-state index in [1.54, 1.807) is 7.11 Å². The highest BCUT2D eigenvalue weighted by atomic mass is 16.6. The maximum atomic E-state index is 12.0. The summed E-state index contributed by atoms with van der Waals surface area (Å²) in [5.41, 5.74) is 0.251. The molecular weight excluding hydrogens is 294 g/mol. The lowest BCUT2D eigenvalue weighted by molar-refractivity contribution is -0.0859. The number of alkyl carbamates (subject to hydrolysis) is 1. The van der Waals surface area contributed by atoms with E-state index in [0.717, 1.165) is 18.4 Å². The van der Waals surface area contributed by atoms with Crippen molar-refractivity contribution in [3.05, 3.63) is 35.9 Å². The SMILES string of the molecule is COCC1(NC(=O)OC(C)(C)C)CC(OCc2ccccc2)C1. The Hall–Kier alpha value is -1.59. The van der Waals surface area contributed by atoms with E-state index >= 15 is 0 Å². The van der Waals surface area contributed by atoms with Crippen LogP contribution < -0.4 is 5.32 Å². The van der Waals surface area contributed by atoms with E-state index in [2.05, 4.69) is 5.32 Å². The Bertz CT molecular complexity index is 504. The second-order valence-corrected chi connectivity index (χ2v) is 7.17. The van der Waals surface area contributed by atoms with E-state index in [1.807, 2.05) is 51.1 Å². The third kappa shape index (κ3) is 5.52. The first kappa shape index (κ1) is 17.8. The highest BCUT2D eigenvalue weighted by Gasteiger charge is 2.47. The Morgan fingerprint density at radius 3 is 2.48 bits per heavy atom. The van der Waals surface area contributed by atoms with E-state index in [0.29, 0.717) is 13.2 Å². The first-order valence-electron chi connectivity index (χ1n) is 7.98. The van der Waals surface area contributed by atoms with Crippen LogP contribution in [-0.2, 0) is 20.8 Å². The highest BCUT2D eigenvalue weighted by molar-refractivity contribution is 5.69. The minimum atomic E-state index is -0.509. The van der Waals surface area contributed by atoms with Crippen LogP contribution in [0.1, 0.15) is 39.2 Å². The number of benzene rings is 1. The normalized spacial score (nSPS) is 23.9. The Morgan fingerprint density at radius 1 is 1.26 bits per heavy atom. The molecule has 0 aromatic heterocycles. The fourth-order valence-electron chi connectivity index (χ4n) is 2.77. The molecule has 1 aliphatic carbocycles. The van der Waals surface area contributed by atoms with Gasteiger partial charge in [0, 0.05) is 7.11 Å². The average molecular weight is 321 g/mol. The van der Waals surface area contributed by atoms with Crippen molar-refractivity contribution >= 4 is 6.09 Å². The van der Waals surface area contributed by atoms with Crippen LogP contribution in [0, 0.1) is 0 Å². The summed E-state index contributed by atoms with van der Waals surface area (Å²) in [5, 5.41) is 2.95. The van der Waals surface area contributed by atoms with Crippen molar-refractivity contribution in [1.29, 1.82) is 0 Å². The van der Waals surface area contributed by atoms with E-state index < -0.39 is 17.2 Å². The molecule has 1 aromatic rings. The zero-order chi connectivity index (χ0) is 16.9. The van der Waals surface area contributed by atoms with Gasteiger partial charge in [-0.05, 0) is 39.2 Å². The molecule has 0 heterocycles. The maximum Gasteiger partial charge on any atom is 0.408 e. The summed E-state index contributed by atoms with van der Waals surface area (Å²) in [6.45, 7) is 6.59. The summed E-state index contributed by atoms with van der Waals surface area (Å²) in [6.07, 6.45) is 1.18. The molecule has 0 radical (unpaired) electrons. The lowest BCUT2D eigenvalue weighted by atomic mass is 9.74. The molecule has 23 heavy (non-hydrogen) atoms. The maximum absolute atomic E-state index is 12.0. The number of carbonyl (C=O) groups excluding carboxylic acids is 1. The quantitative estimate of drug-likeness (QED) is 0.873. The van der Waals surface area contributed by atoms with Crippen molar-refractivity contribution in [3.63, 3.8) is 0 Å². The largest absolute Gasteiger partial charge is 0.444 e. The number of rotatable bonds is 6. The van der Waals surface area contributed by atoms with Gasteiger partial charge in [0.2, 0.25) is 0 Å². The highest BCUT2D eigenvalue weighted by Crippen LogP contribution is 2.35. The van der Waals surface area contributed by atoms with Gasteiger partial charge in [-0.1, -0.05) is 30.3 Å². The summed E-state index contributed by atoms with van der Waals surface area (Å²) in [5.74, 6) is 0. The van der Waals surface area contributed by atoms with E-state index in [-0.39, 0.29) is 6.10 Å². The molecule has 0 unspecified atom stereocenters. The van der Waals surface area contributed by atoms with Gasteiger partial charge in [-0.15, -0.1) is 0 Å². The van der Waals surface area contributed by atoms with Gasteiger partial charge in [-0.3, -0.25) is 0 Å². The second kappa shape index (κ2) is 7.32. The molecule has 0 saturated heterocycles. The number of amides is 1. The molecule has 1 aromatic carbocycles. The summed E-state index contributed by atoms with van der Waals surface area (Å²) < 4.78 is 16.5. The lowest BCUT2D eigenvalue weighted by Crippen LogP contribution is -2.63. The summed E-state index contributed by atoms with van der Waals surface area (Å²) in [7, 11) is 1.64. The predicted molar refractivity (Wildman–Crippen MR) is 88.2 cm³/mol. The molecule has 5 nitrogen and oxygen atoms in total. The summed E-state index contributed by atoms with van der Waals surface area (Å²) in [4.78, 5) is 12.0. The van der Waals surface area contributed by atoms with Crippen molar-refractivity contribution in [2.45, 2.75) is 57.5 Å². The fourth-order valence-corrected chi connectivity index (χ4v) is 2.77. The number of ether oxygens (including phenoxy) is 3. The molecule has 1 saturated carbocycles. The van der Waals surface area contributed by atoms with Crippen LogP contribution >= 0.6 is 0 Å². The molecule has 0 spiro atoms. The van der Waals surface area contributed by atoms with Crippen molar-refractivity contribution in [3.8, 4) is 0 Å². The average Bonchev–Trinajstić information content (AvgIpc) is 2.41. The molecule has 1 N–H and O–H groups in total. The third-order valence-corrected chi connectivity index (χ3v) is 3.75. The Balaban J connectivity index is 1.81. The van der Waals surface area contributed by atoms with E-state index in [1.165, 1.54) is 0 Å². The minimum Gasteiger partial charge on any atom is -0.444 e. The molecule has 0 atom stereocenters. The Kier molecular flexibility index (Phi) is 5.65. The van der Waals surface area contributed by atoms with Gasteiger partial charge in [-0.25, -0.2) is 4.79 Å². The number of carbonyl (C=O) groups is 1. The molecule has 0 aliphatic heterocycles. The minimum absolute atomic E-state index is 0.125. The molecule has 1 fully saturated rings. The van der Waals surface area contributed by atoms with Crippen molar-refractivity contribution in [2.75, 3.05) is 13.7 Å². The Labute approximate surface area is 138 Å². The molecule has 2 rings (SSSR count). The second-order valence-electron chi connectivity index (χ2n) is 7.17. The van der Waals surface area contributed by atoms with Gasteiger partial charge < -0.3 is 19.5 Å². The van der Waals surface area contributed by atoms with Crippen LogP contribution in [0.4, 0.5) is 4.79 Å². The number of methoxy groups -OCH3 is 1. The van der Waals surface area contributed by atoms with Gasteiger partial charge in [0.05, 0.1) is 24.9 Å². The molecular formula is C18H27NO4. The van der Waals surface area contributed by atoms with Crippen LogP contribution in [0.25, 0.3) is 0 Å². The molecule has 5 heteroatoms. The molecule has 1 amide bonds. The third-order valence-electron chi connectivity index (χ3n) is 3.75. The molecule has 1 aliphatic rings. The monoisotopic (exact) mass is 321 g/mol. The predicted octanol–water partition coefficient (Wildman–Crippen LogP) is 3.28. The van der Waals surface area contributed by atoms with Crippen LogP contribution in [0.2, 0.25) is 0 Å². The summed E-state index contributed by atoms with van der Waals surface area (Å²) in [6, 6.07) is 10.1. The van der Waals surface area contributed by atoms with Gasteiger partial charge in [-0.2, -0.15) is 0 Å². The van der Waals surface area contributed by atoms with E-state index in [9.17, 15) is 4.79 Å². The summed E-state index contributed by atoms with van der Waals surface area (Å²) >= 11 is 0. The van der Waals surface area contributed by atoms with Crippen molar-refractivity contribution < 1.29 is 19.0 Å². The number of nitrogens with one attached hydrogen (secondary N) is 1. The van der Waals surface area contributed by atoms with Gasteiger partial charge >= 0.3 is 6.09 Å². The standard InChI is InChI=1S/C18H27NO4/c1-17(2,3)23-16(20)19-18(13-21-4)10-15(11-18)22-12-14-8-6-5-7-9-14/h5-9,15H,10-13H2,1-4H3,(H,19,20). The van der Waals surface area contributed by atoms with Crippen LogP contribution in [0.3, 0.4) is 0 Å². The topological polar surface area (TPSA) is 56.8 Å². The van der Waals surface area contributed by atoms with Gasteiger partial charge in [0.1, 0.15) is 5.60 Å². The molecule has 128 valence electrons. The van der Waals surface area contributed by atoms with Crippen molar-refractivity contribution in [1.82, 2.24) is 5.32 Å². The zero-order valence-corrected chi connectivity index (χ0v) is 14.4. The van der Waals surface area contributed by atoms with Gasteiger partial charge in [0.25, 0.3) is 0 Å². The Morgan fingerprint density at radius 2 is 1.91 bits per heavy atom. The zero-order valence-electron chi connectivity index (χ0n) is 14.4. The van der Waals surface area contributed by atoms with Crippen molar-refractivity contribution in [2.24, 2.45) is 0 Å². The number of hydrogen-bond donors (Lipinski definition) is 1. The van der Waals surface area contributed by atoms with Crippen LogP contribution in [0.15, 0.2) is 30.3 Å². The molecule has 0 bridgehead atoms. The number of hydrogen-bond acceptors (Lipinski definition) is 4. The van der Waals surface area contributed by atoms with Gasteiger partial charge in [0.15, 0.2) is 0 Å². The lowest BCUT2D eigenvalue weighted by Gasteiger charge is -2.47. The smallest absolute Gasteiger partial charge is 0.408 e. The first-order valence-corrected chi connectivity index (χ1v) is 7.98. The fraction of sp³-hybridized carbons (Fsp3) is 0.611. The first-order chi connectivity index (χ1) is 10.8.